The number of methoxy groups -OCH3 is 1. The van der Waals surface area contributed by atoms with Crippen molar-refractivity contribution in [1.29, 1.82) is 0 Å². The summed E-state index contributed by atoms with van der Waals surface area (Å²) in [5.74, 6) is -0.273. The molecule has 0 atom stereocenters. The highest BCUT2D eigenvalue weighted by molar-refractivity contribution is 5.98. The summed E-state index contributed by atoms with van der Waals surface area (Å²) in [4.78, 5) is 18.7. The van der Waals surface area contributed by atoms with Crippen LogP contribution in [0.4, 0.5) is 0 Å². The number of aryl methyl sites for hydroxylation is 1. The average molecular weight is 313 g/mol. The molecule has 0 spiro atoms. The fraction of sp³-hybridized carbons (Fsp3) is 0.474. The molecule has 0 aliphatic carbocycles. The van der Waals surface area contributed by atoms with Gasteiger partial charge in [0.25, 0.3) is 0 Å². The van der Waals surface area contributed by atoms with E-state index in [1.54, 1.807) is 0 Å². The van der Waals surface area contributed by atoms with Crippen molar-refractivity contribution in [3.8, 4) is 0 Å². The number of quaternary nitrogens is 1. The molecule has 4 heteroatoms. The molecule has 1 aliphatic heterocycles. The second kappa shape index (κ2) is 7.09. The topological polar surface area (TPSA) is 43.6 Å². The van der Waals surface area contributed by atoms with Gasteiger partial charge >= 0.3 is 5.97 Å². The minimum absolute atomic E-state index is 0.273. The van der Waals surface area contributed by atoms with Gasteiger partial charge in [0, 0.05) is 5.39 Å². The maximum absolute atomic E-state index is 12.3. The zero-order chi connectivity index (χ0) is 16.2. The van der Waals surface area contributed by atoms with Crippen molar-refractivity contribution in [3.63, 3.8) is 0 Å². The lowest BCUT2D eigenvalue weighted by Gasteiger charge is -2.19. The Balaban J connectivity index is 2.04. The van der Waals surface area contributed by atoms with Crippen LogP contribution in [0.2, 0.25) is 0 Å². The number of para-hydroxylation sites is 1. The van der Waals surface area contributed by atoms with Crippen LogP contribution in [0, 0.1) is 6.92 Å². The van der Waals surface area contributed by atoms with E-state index in [4.69, 9.17) is 9.72 Å². The molecule has 4 nitrogen and oxygen atoms in total. The van der Waals surface area contributed by atoms with Gasteiger partial charge in [-0.2, -0.15) is 0 Å². The standard InChI is InChI=1S/C19H24N2O2/c1-14-15-9-5-6-10-16(15)20-17(18(14)19(22)23-2)13-21-11-7-3-4-8-12-21/h5-6,9-10H,3-4,7-8,11-13H2,1-2H3/p+1. The number of nitrogens with zero attached hydrogens (tertiary/aromatic N) is 1. The number of rotatable bonds is 3. The van der Waals surface area contributed by atoms with E-state index < -0.39 is 0 Å². The van der Waals surface area contributed by atoms with Gasteiger partial charge in [-0.1, -0.05) is 18.2 Å². The van der Waals surface area contributed by atoms with E-state index in [2.05, 4.69) is 0 Å². The number of likely N-dealkylation sites (tertiary alicyclic amines) is 1. The number of aromatic nitrogens is 1. The summed E-state index contributed by atoms with van der Waals surface area (Å²) in [6.45, 7) is 5.12. The molecular weight excluding hydrogens is 288 g/mol. The minimum atomic E-state index is -0.273. The Labute approximate surface area is 137 Å². The number of benzene rings is 1. The molecule has 0 radical (unpaired) electrons. The van der Waals surface area contributed by atoms with Crippen LogP contribution in [0.5, 0.6) is 0 Å². The third-order valence-electron chi connectivity index (χ3n) is 4.84. The molecule has 1 fully saturated rings. The predicted molar refractivity (Wildman–Crippen MR) is 90.7 cm³/mol. The summed E-state index contributed by atoms with van der Waals surface area (Å²) < 4.78 is 5.03. The van der Waals surface area contributed by atoms with Gasteiger partial charge < -0.3 is 9.64 Å². The van der Waals surface area contributed by atoms with Gasteiger partial charge in [-0.05, 0) is 44.2 Å². The van der Waals surface area contributed by atoms with E-state index in [9.17, 15) is 4.79 Å². The van der Waals surface area contributed by atoms with Crippen LogP contribution >= 0.6 is 0 Å². The molecule has 0 bridgehead atoms. The van der Waals surface area contributed by atoms with Crippen molar-refractivity contribution < 1.29 is 14.4 Å². The number of pyridine rings is 1. The van der Waals surface area contributed by atoms with Gasteiger partial charge in [0.15, 0.2) is 0 Å². The first-order valence-corrected chi connectivity index (χ1v) is 8.51. The minimum Gasteiger partial charge on any atom is -0.465 e. The van der Waals surface area contributed by atoms with E-state index in [1.165, 1.54) is 37.7 Å². The van der Waals surface area contributed by atoms with Crippen LogP contribution in [0.25, 0.3) is 10.9 Å². The summed E-state index contributed by atoms with van der Waals surface area (Å²) in [7, 11) is 1.44. The van der Waals surface area contributed by atoms with Crippen molar-refractivity contribution in [2.24, 2.45) is 0 Å². The van der Waals surface area contributed by atoms with E-state index >= 15 is 0 Å². The smallest absolute Gasteiger partial charge is 0.340 e. The summed E-state index contributed by atoms with van der Waals surface area (Å²) in [5.41, 5.74) is 3.47. The molecule has 1 aromatic carbocycles. The highest BCUT2D eigenvalue weighted by atomic mass is 16.5. The van der Waals surface area contributed by atoms with E-state index in [-0.39, 0.29) is 5.97 Å². The predicted octanol–water partition coefficient (Wildman–Crippen LogP) is 2.29. The first kappa shape index (κ1) is 15.9. The molecular formula is C19H25N2O2+. The van der Waals surface area contributed by atoms with E-state index in [1.807, 2.05) is 31.2 Å². The fourth-order valence-electron chi connectivity index (χ4n) is 3.58. The summed E-state index contributed by atoms with van der Waals surface area (Å²) >= 11 is 0. The zero-order valence-corrected chi connectivity index (χ0v) is 14.0. The fourth-order valence-corrected chi connectivity index (χ4v) is 3.58. The number of carbonyl (C=O) groups excluding carboxylic acids is 1. The van der Waals surface area contributed by atoms with Gasteiger partial charge in [0.1, 0.15) is 12.2 Å². The molecule has 1 aromatic heterocycles. The van der Waals surface area contributed by atoms with Crippen molar-refractivity contribution in [2.75, 3.05) is 20.2 Å². The molecule has 1 N–H and O–H groups in total. The summed E-state index contributed by atoms with van der Waals surface area (Å²) in [6.07, 6.45) is 5.15. The summed E-state index contributed by atoms with van der Waals surface area (Å²) in [5, 5.41) is 1.03. The second-order valence-electron chi connectivity index (χ2n) is 6.41. The first-order chi connectivity index (χ1) is 11.2. The van der Waals surface area contributed by atoms with Crippen LogP contribution in [-0.2, 0) is 11.3 Å². The van der Waals surface area contributed by atoms with Crippen molar-refractivity contribution in [3.05, 3.63) is 41.1 Å². The molecule has 1 aliphatic rings. The Hall–Kier alpha value is -1.94. The third-order valence-corrected chi connectivity index (χ3v) is 4.84. The molecule has 1 saturated heterocycles. The Kier molecular flexibility index (Phi) is 4.91. The lowest BCUT2D eigenvalue weighted by atomic mass is 10.0. The van der Waals surface area contributed by atoms with Crippen LogP contribution in [0.1, 0.15) is 47.3 Å². The Morgan fingerprint density at radius 3 is 2.57 bits per heavy atom. The van der Waals surface area contributed by atoms with Gasteiger partial charge in [-0.3, -0.25) is 0 Å². The molecule has 2 heterocycles. The Morgan fingerprint density at radius 1 is 1.17 bits per heavy atom. The number of nitrogens with one attached hydrogen (secondary N) is 1. The number of esters is 1. The summed E-state index contributed by atoms with van der Waals surface area (Å²) in [6, 6.07) is 8.02. The maximum Gasteiger partial charge on any atom is 0.340 e. The molecule has 0 unspecified atom stereocenters. The average Bonchev–Trinajstić information content (AvgIpc) is 2.83. The number of hydrogen-bond donors (Lipinski definition) is 1. The first-order valence-electron chi connectivity index (χ1n) is 8.51. The van der Waals surface area contributed by atoms with Crippen LogP contribution in [0.3, 0.4) is 0 Å². The quantitative estimate of drug-likeness (QED) is 0.884. The lowest BCUT2D eigenvalue weighted by molar-refractivity contribution is -0.913. The normalized spacial score (nSPS) is 16.3. The number of fused-ring (bicyclic) bond motifs is 1. The van der Waals surface area contributed by atoms with E-state index in [0.717, 1.165) is 41.8 Å². The molecule has 23 heavy (non-hydrogen) atoms. The lowest BCUT2D eigenvalue weighted by Crippen LogP contribution is -3.10. The Morgan fingerprint density at radius 2 is 1.87 bits per heavy atom. The number of carbonyl (C=O) groups is 1. The van der Waals surface area contributed by atoms with Crippen LogP contribution in [-0.4, -0.2) is 31.2 Å². The van der Waals surface area contributed by atoms with E-state index in [0.29, 0.717) is 5.56 Å². The number of hydrogen-bond acceptors (Lipinski definition) is 3. The van der Waals surface area contributed by atoms with Crippen molar-refractivity contribution in [1.82, 2.24) is 4.98 Å². The zero-order valence-electron chi connectivity index (χ0n) is 14.0. The monoisotopic (exact) mass is 313 g/mol. The van der Waals surface area contributed by atoms with Crippen molar-refractivity contribution in [2.45, 2.75) is 39.2 Å². The van der Waals surface area contributed by atoms with Gasteiger partial charge in [-0.25, -0.2) is 9.78 Å². The van der Waals surface area contributed by atoms with Gasteiger partial charge in [-0.15, -0.1) is 0 Å². The van der Waals surface area contributed by atoms with Crippen molar-refractivity contribution >= 4 is 16.9 Å². The van der Waals surface area contributed by atoms with Crippen LogP contribution in [0.15, 0.2) is 24.3 Å². The SMILES string of the molecule is COC(=O)c1c(C[NH+]2CCCCCC2)nc2ccccc2c1C. The second-order valence-corrected chi connectivity index (χ2v) is 6.41. The molecule has 0 saturated carbocycles. The molecule has 0 amide bonds. The highest BCUT2D eigenvalue weighted by Crippen LogP contribution is 2.23. The molecule has 3 rings (SSSR count). The van der Waals surface area contributed by atoms with Gasteiger partial charge in [0.05, 0.1) is 31.3 Å². The highest BCUT2D eigenvalue weighted by Gasteiger charge is 2.23. The largest absolute Gasteiger partial charge is 0.465 e. The molecule has 122 valence electrons. The van der Waals surface area contributed by atoms with Gasteiger partial charge in [0.2, 0.25) is 0 Å². The Bertz CT molecular complexity index is 704. The molecule has 2 aromatic rings. The third kappa shape index (κ3) is 3.37. The van der Waals surface area contributed by atoms with Crippen LogP contribution < -0.4 is 4.90 Å². The number of ether oxygens (including phenoxy) is 1. The maximum atomic E-state index is 12.3.